The van der Waals surface area contributed by atoms with E-state index in [4.69, 9.17) is 23.2 Å². The summed E-state index contributed by atoms with van der Waals surface area (Å²) in [5.74, 6) is -0.181. The Bertz CT molecular complexity index is 524. The van der Waals surface area contributed by atoms with Crippen molar-refractivity contribution in [3.05, 3.63) is 33.8 Å². The number of quaternary nitrogens is 1. The summed E-state index contributed by atoms with van der Waals surface area (Å²) in [5.41, 5.74) is 0.803. The lowest BCUT2D eigenvalue weighted by molar-refractivity contribution is -0.862. The summed E-state index contributed by atoms with van der Waals surface area (Å²) in [7, 11) is 1.81. The SMILES string of the molecule is CCCNC(=O)C[NH+](C)CC(=O)NCc1ccc(Cl)cc1Cl. The molecule has 1 aromatic rings. The van der Waals surface area contributed by atoms with Crippen LogP contribution in [0.1, 0.15) is 18.9 Å². The number of hydrogen-bond donors (Lipinski definition) is 3. The van der Waals surface area contributed by atoms with Gasteiger partial charge in [0.1, 0.15) is 0 Å². The third kappa shape index (κ3) is 7.11. The molecular formula is C15H22Cl2N3O2+. The zero-order chi connectivity index (χ0) is 16.5. The lowest BCUT2D eigenvalue weighted by Crippen LogP contribution is -3.11. The number of benzene rings is 1. The van der Waals surface area contributed by atoms with Gasteiger partial charge >= 0.3 is 0 Å². The molecule has 0 fully saturated rings. The van der Waals surface area contributed by atoms with Crippen LogP contribution >= 0.6 is 23.2 Å². The third-order valence-electron chi connectivity index (χ3n) is 2.99. The Balaban J connectivity index is 2.35. The van der Waals surface area contributed by atoms with Gasteiger partial charge in [-0.3, -0.25) is 9.59 Å². The molecule has 1 aromatic carbocycles. The molecule has 0 aliphatic rings. The Morgan fingerprint density at radius 1 is 1.14 bits per heavy atom. The number of rotatable bonds is 8. The van der Waals surface area contributed by atoms with Crippen LogP contribution < -0.4 is 15.5 Å². The second-order valence-electron chi connectivity index (χ2n) is 5.17. The quantitative estimate of drug-likeness (QED) is 0.647. The molecule has 122 valence electrons. The summed E-state index contributed by atoms with van der Waals surface area (Å²) in [6.07, 6.45) is 0.896. The van der Waals surface area contributed by atoms with Crippen molar-refractivity contribution in [3.8, 4) is 0 Å². The smallest absolute Gasteiger partial charge is 0.275 e. The molecule has 5 nitrogen and oxygen atoms in total. The summed E-state index contributed by atoms with van der Waals surface area (Å²) in [5, 5.41) is 6.65. The molecular weight excluding hydrogens is 325 g/mol. The largest absolute Gasteiger partial charge is 0.351 e. The van der Waals surface area contributed by atoms with Gasteiger partial charge in [-0.2, -0.15) is 0 Å². The third-order valence-corrected chi connectivity index (χ3v) is 3.57. The average molecular weight is 347 g/mol. The average Bonchev–Trinajstić information content (AvgIpc) is 2.44. The van der Waals surface area contributed by atoms with Crippen LogP contribution in [0.3, 0.4) is 0 Å². The maximum Gasteiger partial charge on any atom is 0.275 e. The van der Waals surface area contributed by atoms with Gasteiger partial charge < -0.3 is 15.5 Å². The molecule has 0 saturated carbocycles. The molecule has 22 heavy (non-hydrogen) atoms. The van der Waals surface area contributed by atoms with E-state index in [1.807, 2.05) is 6.92 Å². The Morgan fingerprint density at radius 3 is 2.36 bits per heavy atom. The van der Waals surface area contributed by atoms with Gasteiger partial charge in [0.15, 0.2) is 13.1 Å². The fraction of sp³-hybridized carbons (Fsp3) is 0.467. The fourth-order valence-electron chi connectivity index (χ4n) is 1.86. The molecule has 1 rings (SSSR count). The topological polar surface area (TPSA) is 62.6 Å². The van der Waals surface area contributed by atoms with Gasteiger partial charge in [0.05, 0.1) is 7.05 Å². The van der Waals surface area contributed by atoms with Crippen LogP contribution in [-0.4, -0.2) is 38.5 Å². The molecule has 0 bridgehead atoms. The summed E-state index contributed by atoms with van der Waals surface area (Å²) >= 11 is 11.9. The van der Waals surface area contributed by atoms with Crippen LogP contribution in [0.4, 0.5) is 0 Å². The Kier molecular flexibility index (Phi) is 8.24. The fourth-order valence-corrected chi connectivity index (χ4v) is 2.33. The predicted octanol–water partition coefficient (Wildman–Crippen LogP) is 0.651. The van der Waals surface area contributed by atoms with E-state index < -0.39 is 0 Å². The molecule has 1 unspecified atom stereocenters. The highest BCUT2D eigenvalue weighted by molar-refractivity contribution is 6.35. The van der Waals surface area contributed by atoms with Crippen molar-refractivity contribution in [2.24, 2.45) is 0 Å². The van der Waals surface area contributed by atoms with E-state index in [-0.39, 0.29) is 24.9 Å². The van der Waals surface area contributed by atoms with Crippen molar-refractivity contribution in [1.29, 1.82) is 0 Å². The number of carbonyl (C=O) groups is 2. The second-order valence-corrected chi connectivity index (χ2v) is 6.02. The van der Waals surface area contributed by atoms with E-state index in [0.29, 0.717) is 23.1 Å². The van der Waals surface area contributed by atoms with Crippen molar-refractivity contribution in [1.82, 2.24) is 10.6 Å². The first kappa shape index (κ1) is 18.7. The van der Waals surface area contributed by atoms with E-state index in [2.05, 4.69) is 10.6 Å². The Labute approximate surface area is 141 Å². The lowest BCUT2D eigenvalue weighted by atomic mass is 10.2. The van der Waals surface area contributed by atoms with Crippen molar-refractivity contribution in [2.75, 3.05) is 26.7 Å². The van der Waals surface area contributed by atoms with Crippen LogP contribution in [0.2, 0.25) is 10.0 Å². The number of amides is 2. The van der Waals surface area contributed by atoms with E-state index in [1.165, 1.54) is 0 Å². The van der Waals surface area contributed by atoms with Crippen LogP contribution in [0.5, 0.6) is 0 Å². The maximum atomic E-state index is 11.9. The summed E-state index contributed by atoms with van der Waals surface area (Å²) in [4.78, 5) is 24.3. The number of nitrogens with one attached hydrogen (secondary N) is 3. The minimum absolute atomic E-state index is 0.0482. The number of halogens is 2. The normalized spacial score (nSPS) is 11.8. The highest BCUT2D eigenvalue weighted by Crippen LogP contribution is 2.20. The van der Waals surface area contributed by atoms with Crippen LogP contribution in [0.25, 0.3) is 0 Å². The molecule has 2 amide bonds. The van der Waals surface area contributed by atoms with Gasteiger partial charge in [-0.05, 0) is 24.1 Å². The molecule has 0 heterocycles. The van der Waals surface area contributed by atoms with Crippen LogP contribution in [0.15, 0.2) is 18.2 Å². The van der Waals surface area contributed by atoms with Crippen molar-refractivity contribution in [2.45, 2.75) is 19.9 Å². The molecule has 0 spiro atoms. The zero-order valence-corrected chi connectivity index (χ0v) is 14.4. The Morgan fingerprint density at radius 2 is 1.77 bits per heavy atom. The molecule has 0 aliphatic carbocycles. The van der Waals surface area contributed by atoms with Gasteiger partial charge in [-0.1, -0.05) is 36.2 Å². The van der Waals surface area contributed by atoms with Crippen molar-refractivity contribution < 1.29 is 14.5 Å². The first-order valence-electron chi connectivity index (χ1n) is 7.21. The van der Waals surface area contributed by atoms with Gasteiger partial charge in [0.2, 0.25) is 0 Å². The number of hydrogen-bond acceptors (Lipinski definition) is 2. The van der Waals surface area contributed by atoms with E-state index in [0.717, 1.165) is 16.9 Å². The van der Waals surface area contributed by atoms with Crippen LogP contribution in [0, 0.1) is 0 Å². The molecule has 0 saturated heterocycles. The molecule has 7 heteroatoms. The van der Waals surface area contributed by atoms with Crippen LogP contribution in [-0.2, 0) is 16.1 Å². The first-order valence-corrected chi connectivity index (χ1v) is 7.96. The van der Waals surface area contributed by atoms with Gasteiger partial charge in [-0.15, -0.1) is 0 Å². The highest BCUT2D eigenvalue weighted by atomic mass is 35.5. The van der Waals surface area contributed by atoms with E-state index in [1.54, 1.807) is 25.2 Å². The molecule has 0 radical (unpaired) electrons. The number of likely N-dealkylation sites (N-methyl/N-ethyl adjacent to an activating group) is 1. The minimum atomic E-state index is -0.133. The summed E-state index contributed by atoms with van der Waals surface area (Å²) in [6.45, 7) is 3.49. The monoisotopic (exact) mass is 346 g/mol. The second kappa shape index (κ2) is 9.66. The lowest BCUT2D eigenvalue weighted by Gasteiger charge is -2.14. The number of carbonyl (C=O) groups excluding carboxylic acids is 2. The predicted molar refractivity (Wildman–Crippen MR) is 88.2 cm³/mol. The highest BCUT2D eigenvalue weighted by Gasteiger charge is 2.13. The zero-order valence-electron chi connectivity index (χ0n) is 12.8. The van der Waals surface area contributed by atoms with Crippen molar-refractivity contribution in [3.63, 3.8) is 0 Å². The summed E-state index contributed by atoms with van der Waals surface area (Å²) < 4.78 is 0. The first-order chi connectivity index (χ1) is 10.4. The van der Waals surface area contributed by atoms with E-state index >= 15 is 0 Å². The molecule has 0 aromatic heterocycles. The molecule has 0 aliphatic heterocycles. The summed E-state index contributed by atoms with van der Waals surface area (Å²) in [6, 6.07) is 5.14. The van der Waals surface area contributed by atoms with Crippen molar-refractivity contribution >= 4 is 35.0 Å². The maximum absolute atomic E-state index is 11.9. The van der Waals surface area contributed by atoms with Gasteiger partial charge in [0, 0.05) is 23.1 Å². The molecule has 1 atom stereocenters. The van der Waals surface area contributed by atoms with Gasteiger partial charge in [0.25, 0.3) is 11.8 Å². The van der Waals surface area contributed by atoms with Gasteiger partial charge in [-0.25, -0.2) is 0 Å². The standard InChI is InChI=1S/C15H21Cl2N3O2/c1-3-6-18-14(21)9-20(2)10-15(22)19-8-11-4-5-12(16)7-13(11)17/h4-5,7H,3,6,8-10H2,1-2H3,(H,18,21)(H,19,22)/p+1. The minimum Gasteiger partial charge on any atom is -0.351 e. The van der Waals surface area contributed by atoms with E-state index in [9.17, 15) is 9.59 Å². The molecule has 3 N–H and O–H groups in total. The Hall–Kier alpha value is -1.30.